The summed E-state index contributed by atoms with van der Waals surface area (Å²) in [5.41, 5.74) is 11.8. The van der Waals surface area contributed by atoms with Crippen molar-refractivity contribution < 1.29 is 0 Å². The molecule has 0 saturated carbocycles. The maximum absolute atomic E-state index is 3.97. The van der Waals surface area contributed by atoms with Gasteiger partial charge in [0.15, 0.2) is 0 Å². The first-order valence-corrected chi connectivity index (χ1v) is 17.7. The quantitative estimate of drug-likeness (QED) is 0.211. The second-order valence-corrected chi connectivity index (χ2v) is 21.3. The zero-order valence-corrected chi connectivity index (χ0v) is 23.4. The van der Waals surface area contributed by atoms with Gasteiger partial charge in [-0.2, -0.15) is 0 Å². The molecule has 2 heteroatoms. The molecule has 0 N–H and O–H groups in total. The molecule has 0 aliphatic carbocycles. The van der Waals surface area contributed by atoms with E-state index < -0.39 is 16.1 Å². The Morgan fingerprint density at radius 3 is 1.12 bits per heavy atom. The van der Waals surface area contributed by atoms with Gasteiger partial charge in [-0.3, -0.25) is 0 Å². The molecule has 0 aromatic heterocycles. The standard InChI is InChI=1S/C30H38Si2/c1-22(2)32(23(3)4,24(5)6)21-19-30-27-16-12-10-14-25(27)29(18-20-31(7,8)9)26-15-11-13-17-28(26)30/h10-17,22-24H,1-9H3. The smallest absolute Gasteiger partial charge is 0.127 e. The van der Waals surface area contributed by atoms with Gasteiger partial charge in [0, 0.05) is 11.1 Å². The van der Waals surface area contributed by atoms with Crippen molar-refractivity contribution in [3.05, 3.63) is 59.7 Å². The van der Waals surface area contributed by atoms with Crippen LogP contribution in [0.5, 0.6) is 0 Å². The van der Waals surface area contributed by atoms with E-state index in [1.807, 2.05) is 0 Å². The van der Waals surface area contributed by atoms with E-state index in [0.717, 1.165) is 5.56 Å². The summed E-state index contributed by atoms with van der Waals surface area (Å²) in [6.07, 6.45) is 0. The van der Waals surface area contributed by atoms with Gasteiger partial charge in [-0.05, 0) is 38.2 Å². The van der Waals surface area contributed by atoms with Crippen molar-refractivity contribution in [2.24, 2.45) is 0 Å². The highest BCUT2D eigenvalue weighted by Crippen LogP contribution is 2.41. The van der Waals surface area contributed by atoms with E-state index in [1.165, 1.54) is 27.1 Å². The summed E-state index contributed by atoms with van der Waals surface area (Å²) in [5, 5.41) is 4.93. The van der Waals surface area contributed by atoms with Gasteiger partial charge in [0.1, 0.15) is 16.1 Å². The van der Waals surface area contributed by atoms with Crippen molar-refractivity contribution in [1.82, 2.24) is 0 Å². The predicted molar refractivity (Wildman–Crippen MR) is 150 cm³/mol. The summed E-state index contributed by atoms with van der Waals surface area (Å²) >= 11 is 0. The van der Waals surface area contributed by atoms with Gasteiger partial charge in [-0.1, -0.05) is 122 Å². The van der Waals surface area contributed by atoms with Crippen molar-refractivity contribution in [1.29, 1.82) is 0 Å². The Balaban J connectivity index is 2.43. The van der Waals surface area contributed by atoms with Gasteiger partial charge in [0.25, 0.3) is 0 Å². The minimum Gasteiger partial charge on any atom is -0.127 e. The third-order valence-electron chi connectivity index (χ3n) is 6.76. The number of fused-ring (bicyclic) bond motifs is 2. The Labute approximate surface area is 197 Å². The second kappa shape index (κ2) is 9.31. The molecule has 0 amide bonds. The fourth-order valence-corrected chi connectivity index (χ4v) is 11.0. The van der Waals surface area contributed by atoms with Crippen LogP contribution in [0.15, 0.2) is 48.5 Å². The average Bonchev–Trinajstić information content (AvgIpc) is 2.71. The molecule has 0 aliphatic rings. The molecule has 0 fully saturated rings. The molecule has 0 saturated heterocycles. The lowest BCUT2D eigenvalue weighted by Crippen LogP contribution is -2.43. The van der Waals surface area contributed by atoms with Gasteiger partial charge in [0.2, 0.25) is 0 Å². The number of hydrogen-bond acceptors (Lipinski definition) is 0. The molecular formula is C30H38Si2. The molecule has 166 valence electrons. The van der Waals surface area contributed by atoms with Crippen LogP contribution in [-0.4, -0.2) is 16.1 Å². The summed E-state index contributed by atoms with van der Waals surface area (Å²) in [6.45, 7) is 21.2. The number of benzene rings is 3. The molecule has 0 radical (unpaired) electrons. The topological polar surface area (TPSA) is 0 Å². The van der Waals surface area contributed by atoms with Crippen LogP contribution in [0.3, 0.4) is 0 Å². The Morgan fingerprint density at radius 2 is 0.844 bits per heavy atom. The van der Waals surface area contributed by atoms with Crippen LogP contribution in [-0.2, 0) is 0 Å². The van der Waals surface area contributed by atoms with Crippen LogP contribution >= 0.6 is 0 Å². The lowest BCUT2D eigenvalue weighted by Gasteiger charge is -2.38. The Bertz CT molecular complexity index is 1170. The summed E-state index contributed by atoms with van der Waals surface area (Å²) in [5.74, 6) is 7.38. The van der Waals surface area contributed by atoms with Crippen molar-refractivity contribution in [2.75, 3.05) is 0 Å². The third kappa shape index (κ3) is 4.59. The van der Waals surface area contributed by atoms with Crippen LogP contribution in [0, 0.1) is 22.9 Å². The van der Waals surface area contributed by atoms with Crippen LogP contribution < -0.4 is 0 Å². The molecule has 3 aromatic carbocycles. The Kier molecular flexibility index (Phi) is 7.09. The van der Waals surface area contributed by atoms with Gasteiger partial charge >= 0.3 is 0 Å². The zero-order valence-electron chi connectivity index (χ0n) is 21.4. The van der Waals surface area contributed by atoms with Crippen molar-refractivity contribution in [3.63, 3.8) is 0 Å². The third-order valence-corrected chi connectivity index (χ3v) is 13.9. The second-order valence-electron chi connectivity index (χ2n) is 11.0. The highest BCUT2D eigenvalue weighted by molar-refractivity contribution is 6.90. The molecule has 0 bridgehead atoms. The average molecular weight is 455 g/mol. The fourth-order valence-electron chi connectivity index (χ4n) is 5.25. The molecule has 0 spiro atoms. The van der Waals surface area contributed by atoms with E-state index in [2.05, 4.69) is 133 Å². The lowest BCUT2D eigenvalue weighted by molar-refractivity contribution is 0.838. The summed E-state index contributed by atoms with van der Waals surface area (Å²) in [6, 6.07) is 17.4. The molecule has 32 heavy (non-hydrogen) atoms. The Hall–Kier alpha value is -2.27. The lowest BCUT2D eigenvalue weighted by atomic mass is 9.92. The van der Waals surface area contributed by atoms with Crippen LogP contribution in [0.25, 0.3) is 21.5 Å². The summed E-state index contributed by atoms with van der Waals surface area (Å²) < 4.78 is 0. The van der Waals surface area contributed by atoms with E-state index in [1.54, 1.807) is 0 Å². The summed E-state index contributed by atoms with van der Waals surface area (Å²) in [4.78, 5) is 0. The molecule has 0 atom stereocenters. The minimum atomic E-state index is -1.82. The maximum atomic E-state index is 3.97. The highest BCUT2D eigenvalue weighted by atomic mass is 28.3. The van der Waals surface area contributed by atoms with E-state index >= 15 is 0 Å². The molecule has 0 unspecified atom stereocenters. The normalized spacial score (nSPS) is 12.2. The fraction of sp³-hybridized carbons (Fsp3) is 0.400. The molecule has 0 aliphatic heterocycles. The maximum Gasteiger partial charge on any atom is 0.146 e. The Morgan fingerprint density at radius 1 is 0.531 bits per heavy atom. The van der Waals surface area contributed by atoms with Gasteiger partial charge in [-0.25, -0.2) is 0 Å². The molecule has 0 heterocycles. The van der Waals surface area contributed by atoms with Crippen LogP contribution in [0.4, 0.5) is 0 Å². The summed E-state index contributed by atoms with van der Waals surface area (Å²) in [7, 11) is -3.31. The minimum absolute atomic E-state index is 0.620. The largest absolute Gasteiger partial charge is 0.146 e. The van der Waals surface area contributed by atoms with Gasteiger partial charge in [-0.15, -0.1) is 11.1 Å². The van der Waals surface area contributed by atoms with Crippen molar-refractivity contribution in [2.45, 2.75) is 77.8 Å². The van der Waals surface area contributed by atoms with Crippen LogP contribution in [0.1, 0.15) is 52.7 Å². The molecular weight excluding hydrogens is 417 g/mol. The first-order valence-electron chi connectivity index (χ1n) is 12.0. The molecule has 0 nitrogen and oxygen atoms in total. The van der Waals surface area contributed by atoms with Crippen LogP contribution in [0.2, 0.25) is 36.3 Å². The van der Waals surface area contributed by atoms with E-state index in [4.69, 9.17) is 0 Å². The first-order chi connectivity index (χ1) is 15.0. The zero-order chi connectivity index (χ0) is 23.7. The van der Waals surface area contributed by atoms with Crippen molar-refractivity contribution in [3.8, 4) is 22.9 Å². The number of hydrogen-bond donors (Lipinski definition) is 0. The first kappa shape index (κ1) is 24.4. The predicted octanol–water partition coefficient (Wildman–Crippen LogP) is 8.79. The number of rotatable bonds is 3. The SMILES string of the molecule is CC(C)[Si](C#Cc1c2ccccc2c(C#C[Si](C)(C)C)c2ccccc12)(C(C)C)C(C)C. The molecule has 3 aromatic rings. The van der Waals surface area contributed by atoms with E-state index in [-0.39, 0.29) is 0 Å². The van der Waals surface area contributed by atoms with E-state index in [9.17, 15) is 0 Å². The van der Waals surface area contributed by atoms with Gasteiger partial charge < -0.3 is 0 Å². The van der Waals surface area contributed by atoms with Crippen molar-refractivity contribution >= 4 is 37.7 Å². The highest BCUT2D eigenvalue weighted by Gasteiger charge is 2.41. The van der Waals surface area contributed by atoms with Gasteiger partial charge in [0.05, 0.1) is 0 Å². The molecule has 3 rings (SSSR count). The monoisotopic (exact) mass is 454 g/mol. The van der Waals surface area contributed by atoms with E-state index in [0.29, 0.717) is 16.6 Å².